The predicted molar refractivity (Wildman–Crippen MR) is 272 cm³/mol. The number of unbranched alkanes of at least 4 members (excludes halogenated alkanes) is 10. The van der Waals surface area contributed by atoms with Crippen LogP contribution in [-0.2, 0) is 22.3 Å². The molecule has 0 aliphatic heterocycles. The normalized spacial score (nSPS) is 11.8. The highest BCUT2D eigenvalue weighted by atomic mass is 16.6. The fourth-order valence-electron chi connectivity index (χ4n) is 8.85. The van der Waals surface area contributed by atoms with E-state index in [2.05, 4.69) is 109 Å². The Morgan fingerprint density at radius 3 is 1.28 bits per heavy atom. The summed E-state index contributed by atoms with van der Waals surface area (Å²) in [6.07, 6.45) is 15.8. The second-order valence-electron chi connectivity index (χ2n) is 19.5. The summed E-state index contributed by atoms with van der Waals surface area (Å²) in [5, 5.41) is 10.8. The van der Waals surface area contributed by atoms with Crippen LogP contribution in [0.4, 0.5) is 21.0 Å². The van der Waals surface area contributed by atoms with Gasteiger partial charge in [0.05, 0.1) is 0 Å². The van der Waals surface area contributed by atoms with Gasteiger partial charge in [0, 0.05) is 11.4 Å². The van der Waals surface area contributed by atoms with Crippen molar-refractivity contribution in [1.82, 2.24) is 0 Å². The Labute approximate surface area is 383 Å². The van der Waals surface area contributed by atoms with Gasteiger partial charge in [0.2, 0.25) is 0 Å². The standard InChI is InChI=1S/C58H72N2O4/c1-9-11-13-15-17-19-25-43-40-52(48-28-22-23-29-49(48)53(43)42-33-37-46(38-34-42)60-56(62)64-58(6,7)8)54-44(26-20-18-16-14-12-10-2)39-51(47-27-21-24-30-50(47)54)41-31-35-45(36-32-41)59-55(61)63-57(3,4)5/h21-24,27-40H,9-20,25-26H2,1-8H3,(H,59,61)(H,60,62). The quantitative estimate of drug-likeness (QED) is 0.0796. The third-order valence-electron chi connectivity index (χ3n) is 11.8. The molecule has 6 aromatic rings. The van der Waals surface area contributed by atoms with Crippen molar-refractivity contribution in [2.45, 2.75) is 156 Å². The van der Waals surface area contributed by atoms with E-state index in [4.69, 9.17) is 9.47 Å². The molecule has 6 nitrogen and oxygen atoms in total. The predicted octanol–water partition coefficient (Wildman–Crippen LogP) is 17.5. The third kappa shape index (κ3) is 13.2. The van der Waals surface area contributed by atoms with E-state index in [1.807, 2.05) is 65.8 Å². The zero-order valence-electron chi connectivity index (χ0n) is 39.9. The van der Waals surface area contributed by atoms with Crippen LogP contribution in [0.25, 0.3) is 54.9 Å². The maximum Gasteiger partial charge on any atom is 0.412 e. The van der Waals surface area contributed by atoms with Crippen LogP contribution < -0.4 is 10.6 Å². The summed E-state index contributed by atoms with van der Waals surface area (Å²) >= 11 is 0. The van der Waals surface area contributed by atoms with Gasteiger partial charge in [-0.05, 0) is 170 Å². The van der Waals surface area contributed by atoms with E-state index in [-0.39, 0.29) is 0 Å². The fraction of sp³-hybridized carbons (Fsp3) is 0.414. The lowest BCUT2D eigenvalue weighted by molar-refractivity contribution is 0.0624. The molecule has 6 rings (SSSR count). The second kappa shape index (κ2) is 22.3. The summed E-state index contributed by atoms with van der Waals surface area (Å²) in [5.41, 5.74) is 10.3. The average Bonchev–Trinajstić information content (AvgIpc) is 3.25. The number of carbonyl (C=O) groups excluding carboxylic acids is 2. The summed E-state index contributed by atoms with van der Waals surface area (Å²) in [7, 11) is 0. The fourth-order valence-corrected chi connectivity index (χ4v) is 8.85. The number of aryl methyl sites for hydroxylation is 2. The molecule has 338 valence electrons. The molecule has 64 heavy (non-hydrogen) atoms. The highest BCUT2D eigenvalue weighted by Crippen LogP contribution is 2.45. The minimum Gasteiger partial charge on any atom is -0.444 e. The molecule has 0 saturated carbocycles. The molecule has 2 amide bonds. The van der Waals surface area contributed by atoms with Crippen molar-refractivity contribution in [2.75, 3.05) is 10.6 Å². The maximum absolute atomic E-state index is 12.7. The zero-order chi connectivity index (χ0) is 45.7. The van der Waals surface area contributed by atoms with Gasteiger partial charge in [-0.25, -0.2) is 9.59 Å². The van der Waals surface area contributed by atoms with Crippen molar-refractivity contribution < 1.29 is 19.1 Å². The first-order chi connectivity index (χ1) is 30.7. The number of rotatable bonds is 19. The molecule has 0 heterocycles. The van der Waals surface area contributed by atoms with Crippen LogP contribution in [0.1, 0.15) is 144 Å². The summed E-state index contributed by atoms with van der Waals surface area (Å²) in [5.74, 6) is 0. The highest BCUT2D eigenvalue weighted by Gasteiger charge is 2.22. The van der Waals surface area contributed by atoms with Crippen LogP contribution in [0.3, 0.4) is 0 Å². The third-order valence-corrected chi connectivity index (χ3v) is 11.8. The minimum absolute atomic E-state index is 0.457. The number of amides is 2. The van der Waals surface area contributed by atoms with Crippen molar-refractivity contribution in [1.29, 1.82) is 0 Å². The van der Waals surface area contributed by atoms with Crippen molar-refractivity contribution in [3.8, 4) is 33.4 Å². The number of fused-ring (bicyclic) bond motifs is 2. The van der Waals surface area contributed by atoms with Gasteiger partial charge in [-0.1, -0.05) is 151 Å². The first kappa shape index (κ1) is 47.8. The van der Waals surface area contributed by atoms with Gasteiger partial charge in [-0.2, -0.15) is 0 Å². The lowest BCUT2D eigenvalue weighted by Gasteiger charge is -2.23. The van der Waals surface area contributed by atoms with Crippen LogP contribution in [0, 0.1) is 0 Å². The largest absolute Gasteiger partial charge is 0.444 e. The molecule has 0 aliphatic rings. The number of anilines is 2. The first-order valence-electron chi connectivity index (χ1n) is 24.0. The number of ether oxygens (including phenoxy) is 2. The van der Waals surface area contributed by atoms with E-state index in [1.54, 1.807) is 0 Å². The summed E-state index contributed by atoms with van der Waals surface area (Å²) in [6.45, 7) is 15.8. The molecule has 0 saturated heterocycles. The van der Waals surface area contributed by atoms with Gasteiger partial charge in [0.25, 0.3) is 0 Å². The summed E-state index contributed by atoms with van der Waals surface area (Å²) in [4.78, 5) is 25.3. The molecule has 0 aliphatic carbocycles. The summed E-state index contributed by atoms with van der Waals surface area (Å²) < 4.78 is 11.1. The number of nitrogens with one attached hydrogen (secondary N) is 2. The monoisotopic (exact) mass is 861 g/mol. The van der Waals surface area contributed by atoms with Crippen LogP contribution in [0.5, 0.6) is 0 Å². The van der Waals surface area contributed by atoms with E-state index in [0.29, 0.717) is 11.4 Å². The lowest BCUT2D eigenvalue weighted by Crippen LogP contribution is -2.27. The smallest absolute Gasteiger partial charge is 0.412 e. The average molecular weight is 861 g/mol. The van der Waals surface area contributed by atoms with E-state index >= 15 is 0 Å². The Kier molecular flexibility index (Phi) is 16.7. The van der Waals surface area contributed by atoms with Gasteiger partial charge in [-0.15, -0.1) is 0 Å². The van der Waals surface area contributed by atoms with Gasteiger partial charge >= 0.3 is 12.2 Å². The molecule has 0 bridgehead atoms. The number of carbonyl (C=O) groups is 2. The number of benzene rings is 6. The van der Waals surface area contributed by atoms with Gasteiger partial charge in [-0.3, -0.25) is 10.6 Å². The Morgan fingerprint density at radius 1 is 0.438 bits per heavy atom. The molecule has 6 heteroatoms. The van der Waals surface area contributed by atoms with E-state index in [9.17, 15) is 9.59 Å². The van der Waals surface area contributed by atoms with Gasteiger partial charge in [0.1, 0.15) is 11.2 Å². The van der Waals surface area contributed by atoms with E-state index in [0.717, 1.165) is 36.8 Å². The minimum atomic E-state index is -0.579. The molecule has 2 N–H and O–H groups in total. The van der Waals surface area contributed by atoms with Crippen molar-refractivity contribution in [2.24, 2.45) is 0 Å². The van der Waals surface area contributed by atoms with Crippen molar-refractivity contribution in [3.63, 3.8) is 0 Å². The molecule has 0 fully saturated rings. The molecule has 0 spiro atoms. The van der Waals surface area contributed by atoms with Crippen LogP contribution in [0.2, 0.25) is 0 Å². The lowest BCUT2D eigenvalue weighted by atomic mass is 9.81. The van der Waals surface area contributed by atoms with Crippen LogP contribution in [0.15, 0.2) is 109 Å². The van der Waals surface area contributed by atoms with Gasteiger partial charge < -0.3 is 9.47 Å². The SMILES string of the molecule is CCCCCCCCc1cc(-c2c(CCCCCCCC)cc(-c3ccc(NC(=O)OC(C)(C)C)cc3)c3ccccc23)c2ccccc2c1-c1ccc(NC(=O)OC(C)(C)C)cc1. The molecule has 6 aromatic carbocycles. The molecular formula is C58H72N2O4. The first-order valence-corrected chi connectivity index (χ1v) is 24.0. The Balaban J connectivity index is 1.49. The molecule has 0 atom stereocenters. The van der Waals surface area contributed by atoms with E-state index in [1.165, 1.54) is 119 Å². The van der Waals surface area contributed by atoms with Crippen LogP contribution in [-0.4, -0.2) is 23.4 Å². The molecule has 0 radical (unpaired) electrons. The van der Waals surface area contributed by atoms with Gasteiger partial charge in [0.15, 0.2) is 0 Å². The molecular weight excluding hydrogens is 789 g/mol. The molecule has 0 aromatic heterocycles. The number of hydrogen-bond acceptors (Lipinski definition) is 4. The van der Waals surface area contributed by atoms with Crippen LogP contribution >= 0.6 is 0 Å². The number of hydrogen-bond donors (Lipinski definition) is 2. The zero-order valence-corrected chi connectivity index (χ0v) is 39.9. The maximum atomic E-state index is 12.7. The summed E-state index contributed by atoms with van der Waals surface area (Å²) in [6, 6.07) is 39.2. The highest BCUT2D eigenvalue weighted by molar-refractivity contribution is 6.14. The Hall–Kier alpha value is -5.62. The van der Waals surface area contributed by atoms with Crippen molar-refractivity contribution in [3.05, 3.63) is 120 Å². The Bertz CT molecular complexity index is 2470. The van der Waals surface area contributed by atoms with E-state index < -0.39 is 23.4 Å². The van der Waals surface area contributed by atoms with Crippen molar-refractivity contribution >= 4 is 45.1 Å². The second-order valence-corrected chi connectivity index (χ2v) is 19.5. The Morgan fingerprint density at radius 2 is 0.812 bits per heavy atom. The topological polar surface area (TPSA) is 76.7 Å². The molecule has 0 unspecified atom stereocenters.